The van der Waals surface area contributed by atoms with E-state index in [2.05, 4.69) is 26.2 Å². The summed E-state index contributed by atoms with van der Waals surface area (Å²) in [5, 5.41) is 3.37. The Hall–Kier alpha value is -1.64. The van der Waals surface area contributed by atoms with Crippen LogP contribution in [0.1, 0.15) is 0 Å². The number of pyridine rings is 1. The van der Waals surface area contributed by atoms with Gasteiger partial charge in [-0.05, 0) is 22.0 Å². The number of halogens is 2. The molecule has 1 saturated heterocycles. The van der Waals surface area contributed by atoms with Gasteiger partial charge >= 0.3 is 17.8 Å². The molecule has 2 aliphatic heterocycles. The van der Waals surface area contributed by atoms with E-state index in [1.54, 1.807) is 11.0 Å². The Balaban J connectivity index is 2.01. The summed E-state index contributed by atoms with van der Waals surface area (Å²) < 4.78 is 11.3. The highest BCUT2D eigenvalue weighted by Crippen LogP contribution is 2.32. The van der Waals surface area contributed by atoms with E-state index in [1.165, 1.54) is 6.20 Å². The lowest BCUT2D eigenvalue weighted by Gasteiger charge is -2.44. The summed E-state index contributed by atoms with van der Waals surface area (Å²) >= 11 is 9.20. The summed E-state index contributed by atoms with van der Waals surface area (Å²) in [7, 11) is 0. The molecule has 3 heterocycles. The number of carbonyl (C=O) groups excluding carboxylic acids is 2. The Kier molecular flexibility index (Phi) is 4.07. The number of hydrogen-bond acceptors (Lipinski definition) is 7. The Labute approximate surface area is 139 Å². The first-order valence-electron chi connectivity index (χ1n) is 6.44. The van der Waals surface area contributed by atoms with Crippen LogP contribution < -0.4 is 10.2 Å². The smallest absolute Gasteiger partial charge is 0.356 e. The van der Waals surface area contributed by atoms with Crippen LogP contribution in [0, 0.1) is 0 Å². The third-order valence-electron chi connectivity index (χ3n) is 3.24. The number of nitrogens with zero attached hydrogens (tertiary/aromatic N) is 2. The highest BCUT2D eigenvalue weighted by atomic mass is 79.9. The van der Waals surface area contributed by atoms with Crippen molar-refractivity contribution >= 4 is 45.2 Å². The summed E-state index contributed by atoms with van der Waals surface area (Å²) in [5.74, 6) is -2.86. The molecular formula is C13H11BrClN3O4. The van der Waals surface area contributed by atoms with E-state index in [4.69, 9.17) is 21.1 Å². The molecule has 1 fully saturated rings. The first-order chi connectivity index (χ1) is 10.5. The van der Waals surface area contributed by atoms with Gasteiger partial charge < -0.3 is 14.8 Å². The van der Waals surface area contributed by atoms with Gasteiger partial charge in [0, 0.05) is 25.2 Å². The normalized spacial score (nSPS) is 20.5. The lowest BCUT2D eigenvalue weighted by atomic mass is 10.2. The predicted octanol–water partition coefficient (Wildman–Crippen LogP) is 1.22. The summed E-state index contributed by atoms with van der Waals surface area (Å²) in [6, 6.07) is 1.72. The van der Waals surface area contributed by atoms with Crippen molar-refractivity contribution in [2.75, 3.05) is 24.5 Å². The predicted molar refractivity (Wildman–Crippen MR) is 81.2 cm³/mol. The molecule has 0 aromatic carbocycles. The Bertz CT molecular complexity index is 647. The van der Waals surface area contributed by atoms with Crippen LogP contribution in [-0.4, -0.2) is 42.5 Å². The molecule has 1 N–H and O–H groups in total. The molecular weight excluding hydrogens is 378 g/mol. The maximum atomic E-state index is 11.8. The molecule has 3 rings (SSSR count). The fourth-order valence-corrected chi connectivity index (χ4v) is 2.75. The van der Waals surface area contributed by atoms with E-state index in [-0.39, 0.29) is 6.54 Å². The van der Waals surface area contributed by atoms with Gasteiger partial charge in [-0.15, -0.1) is 0 Å². The number of anilines is 1. The van der Waals surface area contributed by atoms with Crippen molar-refractivity contribution in [3.63, 3.8) is 0 Å². The number of aromatic nitrogens is 1. The van der Waals surface area contributed by atoms with Crippen molar-refractivity contribution in [3.8, 4) is 0 Å². The molecule has 22 heavy (non-hydrogen) atoms. The summed E-state index contributed by atoms with van der Waals surface area (Å²) in [5.41, 5.74) is 0.611. The second-order valence-electron chi connectivity index (χ2n) is 4.68. The van der Waals surface area contributed by atoms with Crippen molar-refractivity contribution in [1.82, 2.24) is 10.3 Å². The molecule has 7 nitrogen and oxygen atoms in total. The quantitative estimate of drug-likeness (QED) is 0.572. The monoisotopic (exact) mass is 387 g/mol. The van der Waals surface area contributed by atoms with Crippen LogP contribution in [0.3, 0.4) is 0 Å². The van der Waals surface area contributed by atoms with Crippen molar-refractivity contribution in [2.45, 2.75) is 5.91 Å². The van der Waals surface area contributed by atoms with Crippen molar-refractivity contribution in [1.29, 1.82) is 0 Å². The first-order valence-corrected chi connectivity index (χ1v) is 7.61. The molecule has 0 aliphatic carbocycles. The molecule has 9 heteroatoms. The largest absolute Gasteiger partial charge is 0.399 e. The average molecular weight is 389 g/mol. The van der Waals surface area contributed by atoms with Gasteiger partial charge in [0.25, 0.3) is 0 Å². The van der Waals surface area contributed by atoms with Gasteiger partial charge in [-0.1, -0.05) is 11.6 Å². The van der Waals surface area contributed by atoms with Crippen LogP contribution in [0.15, 0.2) is 28.9 Å². The zero-order valence-electron chi connectivity index (χ0n) is 11.2. The van der Waals surface area contributed by atoms with Crippen LogP contribution in [0.4, 0.5) is 5.69 Å². The molecule has 0 unspecified atom stereocenters. The minimum absolute atomic E-state index is 0.145. The van der Waals surface area contributed by atoms with Crippen LogP contribution in [-0.2, 0) is 19.1 Å². The van der Waals surface area contributed by atoms with Gasteiger partial charge in [-0.2, -0.15) is 0 Å². The topological polar surface area (TPSA) is 80.8 Å². The van der Waals surface area contributed by atoms with Crippen LogP contribution in [0.2, 0.25) is 5.15 Å². The molecule has 116 valence electrons. The molecule has 0 bridgehead atoms. The van der Waals surface area contributed by atoms with Gasteiger partial charge in [0.1, 0.15) is 5.15 Å². The highest BCUT2D eigenvalue weighted by molar-refractivity contribution is 9.10. The van der Waals surface area contributed by atoms with Gasteiger partial charge in [0.15, 0.2) is 0 Å². The van der Waals surface area contributed by atoms with Gasteiger partial charge in [0.2, 0.25) is 0 Å². The first kappa shape index (κ1) is 15.3. The Morgan fingerprint density at radius 2 is 2.00 bits per heavy atom. The minimum Gasteiger partial charge on any atom is -0.399 e. The maximum Gasteiger partial charge on any atom is 0.356 e. The van der Waals surface area contributed by atoms with Crippen molar-refractivity contribution in [2.24, 2.45) is 0 Å². The lowest BCUT2D eigenvalue weighted by molar-refractivity contribution is -0.221. The fourth-order valence-electron chi connectivity index (χ4n) is 2.31. The molecule has 0 atom stereocenters. The number of piperazine rings is 1. The van der Waals surface area contributed by atoms with E-state index in [9.17, 15) is 9.59 Å². The van der Waals surface area contributed by atoms with E-state index >= 15 is 0 Å². The number of esters is 2. The second-order valence-corrected chi connectivity index (χ2v) is 5.90. The second kappa shape index (κ2) is 5.86. The lowest BCUT2D eigenvalue weighted by Crippen LogP contribution is -2.65. The number of rotatable bonds is 1. The fraction of sp³-hybridized carbons (Fsp3) is 0.308. The van der Waals surface area contributed by atoms with E-state index in [0.29, 0.717) is 28.4 Å². The van der Waals surface area contributed by atoms with Crippen LogP contribution in [0.25, 0.3) is 0 Å². The summed E-state index contributed by atoms with van der Waals surface area (Å²) in [6.07, 6.45) is 3.61. The third-order valence-corrected chi connectivity index (χ3v) is 4.37. The Morgan fingerprint density at radius 3 is 2.64 bits per heavy atom. The average Bonchev–Trinajstić information content (AvgIpc) is 2.62. The number of nitrogens with one attached hydrogen (secondary N) is 1. The molecule has 1 aromatic rings. The van der Waals surface area contributed by atoms with Gasteiger partial charge in [-0.25, -0.2) is 14.6 Å². The molecule has 1 spiro atoms. The SMILES string of the molecule is O=C1C=CC(=O)OC2(CNCCN2c2cnc(Cl)c(Br)c2)O1. The maximum absolute atomic E-state index is 11.8. The standard InChI is InChI=1S/C13H11BrClN3O4/c14-9-5-8(6-17-12(9)15)18-4-3-16-7-13(18)21-10(19)1-2-11(20)22-13/h1-2,5-6,16H,3-4,7H2. The zero-order valence-corrected chi connectivity index (χ0v) is 13.6. The molecule has 2 aliphatic rings. The highest BCUT2D eigenvalue weighted by Gasteiger charge is 2.48. The number of hydrogen-bond donors (Lipinski definition) is 1. The van der Waals surface area contributed by atoms with Gasteiger partial charge in [-0.3, -0.25) is 4.90 Å². The van der Waals surface area contributed by atoms with Crippen LogP contribution in [0.5, 0.6) is 0 Å². The third kappa shape index (κ3) is 2.81. The summed E-state index contributed by atoms with van der Waals surface area (Å²) in [4.78, 5) is 29.2. The molecule has 0 saturated carbocycles. The number of carbonyl (C=O) groups is 2. The Morgan fingerprint density at radius 1 is 1.32 bits per heavy atom. The number of ether oxygens (including phenoxy) is 2. The van der Waals surface area contributed by atoms with E-state index in [0.717, 1.165) is 12.2 Å². The zero-order chi connectivity index (χ0) is 15.7. The molecule has 0 amide bonds. The van der Waals surface area contributed by atoms with Gasteiger partial charge in [0.05, 0.1) is 22.9 Å². The molecule has 1 aromatic heterocycles. The molecule has 0 radical (unpaired) electrons. The van der Waals surface area contributed by atoms with Crippen molar-refractivity contribution < 1.29 is 19.1 Å². The van der Waals surface area contributed by atoms with Crippen LogP contribution >= 0.6 is 27.5 Å². The minimum atomic E-state index is -1.55. The summed E-state index contributed by atoms with van der Waals surface area (Å²) in [6.45, 7) is 1.23. The van der Waals surface area contributed by atoms with E-state index < -0.39 is 17.8 Å². The van der Waals surface area contributed by atoms with Crippen molar-refractivity contribution in [3.05, 3.63) is 34.0 Å². The van der Waals surface area contributed by atoms with E-state index in [1.807, 2.05) is 0 Å².